The van der Waals surface area contributed by atoms with Gasteiger partial charge in [-0.2, -0.15) is 5.26 Å². The number of hydrogen-bond acceptors (Lipinski definition) is 2. The van der Waals surface area contributed by atoms with Crippen LogP contribution in [-0.4, -0.2) is 11.9 Å². The largest absolute Gasteiger partial charge is 0.349 e. The molecule has 0 heterocycles. The molecule has 2 unspecified atom stereocenters. The molecule has 0 aliphatic heterocycles. The van der Waals surface area contributed by atoms with Gasteiger partial charge in [0, 0.05) is 11.6 Å². The molecule has 0 radical (unpaired) electrons. The van der Waals surface area contributed by atoms with E-state index in [0.29, 0.717) is 17.0 Å². The average molecular weight is 228 g/mol. The Morgan fingerprint density at radius 2 is 2.29 bits per heavy atom. The minimum absolute atomic E-state index is 0.0687. The smallest absolute Gasteiger partial charge is 0.251 e. The molecule has 2 rings (SSSR count). The van der Waals surface area contributed by atoms with E-state index >= 15 is 0 Å². The molecule has 2 atom stereocenters. The van der Waals surface area contributed by atoms with E-state index in [4.69, 9.17) is 5.26 Å². The average Bonchev–Trinajstić information content (AvgIpc) is 2.75. The SMILES string of the molecule is CC1CCCC1NC(=O)c1cccc(C#N)c1. The molecular weight excluding hydrogens is 212 g/mol. The molecule has 1 saturated carbocycles. The van der Waals surface area contributed by atoms with Crippen LogP contribution in [0.2, 0.25) is 0 Å². The summed E-state index contributed by atoms with van der Waals surface area (Å²) in [6.45, 7) is 2.17. The first-order chi connectivity index (χ1) is 8.20. The molecule has 17 heavy (non-hydrogen) atoms. The number of amides is 1. The molecule has 1 aliphatic rings. The molecule has 0 saturated heterocycles. The summed E-state index contributed by atoms with van der Waals surface area (Å²) >= 11 is 0. The molecule has 1 aromatic rings. The van der Waals surface area contributed by atoms with Crippen molar-refractivity contribution in [1.82, 2.24) is 5.32 Å². The third-order valence-electron chi connectivity index (χ3n) is 3.43. The molecule has 1 aliphatic carbocycles. The fourth-order valence-corrected chi connectivity index (χ4v) is 2.34. The standard InChI is InChI=1S/C14H16N2O/c1-10-4-2-7-13(10)16-14(17)12-6-3-5-11(8-12)9-15/h3,5-6,8,10,13H,2,4,7H2,1H3,(H,16,17). The van der Waals surface area contributed by atoms with Crippen molar-refractivity contribution in [3.8, 4) is 6.07 Å². The van der Waals surface area contributed by atoms with Crippen molar-refractivity contribution in [2.45, 2.75) is 32.2 Å². The summed E-state index contributed by atoms with van der Waals surface area (Å²) in [5.41, 5.74) is 1.10. The van der Waals surface area contributed by atoms with Gasteiger partial charge in [0.2, 0.25) is 0 Å². The first kappa shape index (κ1) is 11.7. The number of nitrogens with one attached hydrogen (secondary N) is 1. The van der Waals surface area contributed by atoms with E-state index in [9.17, 15) is 4.79 Å². The number of benzene rings is 1. The summed E-state index contributed by atoms with van der Waals surface area (Å²) in [6, 6.07) is 9.15. The van der Waals surface area contributed by atoms with Crippen molar-refractivity contribution < 1.29 is 4.79 Å². The third kappa shape index (κ3) is 2.65. The normalized spacial score (nSPS) is 23.1. The predicted octanol–water partition coefficient (Wildman–Crippen LogP) is 2.48. The second-order valence-electron chi connectivity index (χ2n) is 4.68. The predicted molar refractivity (Wildman–Crippen MR) is 65.4 cm³/mol. The molecule has 1 N–H and O–H groups in total. The fraction of sp³-hybridized carbons (Fsp3) is 0.429. The van der Waals surface area contributed by atoms with E-state index in [1.54, 1.807) is 24.3 Å². The molecule has 0 aromatic heterocycles. The van der Waals surface area contributed by atoms with Gasteiger partial charge in [-0.3, -0.25) is 4.79 Å². The Kier molecular flexibility index (Phi) is 3.43. The van der Waals surface area contributed by atoms with Crippen LogP contribution in [-0.2, 0) is 0 Å². The first-order valence-corrected chi connectivity index (χ1v) is 6.01. The van der Waals surface area contributed by atoms with Crippen LogP contribution in [0.1, 0.15) is 42.1 Å². The van der Waals surface area contributed by atoms with Crippen molar-refractivity contribution in [1.29, 1.82) is 5.26 Å². The molecule has 1 amide bonds. The van der Waals surface area contributed by atoms with Gasteiger partial charge in [0.15, 0.2) is 0 Å². The molecule has 0 bridgehead atoms. The second-order valence-corrected chi connectivity index (χ2v) is 4.68. The van der Waals surface area contributed by atoms with Crippen molar-refractivity contribution in [2.75, 3.05) is 0 Å². The lowest BCUT2D eigenvalue weighted by molar-refractivity contribution is 0.0929. The topological polar surface area (TPSA) is 52.9 Å². The summed E-state index contributed by atoms with van der Waals surface area (Å²) in [5.74, 6) is 0.485. The number of nitriles is 1. The van der Waals surface area contributed by atoms with E-state index in [0.717, 1.165) is 6.42 Å². The van der Waals surface area contributed by atoms with Gasteiger partial charge in [-0.05, 0) is 37.0 Å². The van der Waals surface area contributed by atoms with Crippen molar-refractivity contribution >= 4 is 5.91 Å². The first-order valence-electron chi connectivity index (χ1n) is 6.01. The number of hydrogen-bond donors (Lipinski definition) is 1. The molecule has 3 heteroatoms. The van der Waals surface area contributed by atoms with Crippen LogP contribution in [0, 0.1) is 17.2 Å². The van der Waals surface area contributed by atoms with Gasteiger partial charge in [0.1, 0.15) is 0 Å². The Labute approximate surface area is 101 Å². The fourth-order valence-electron chi connectivity index (χ4n) is 2.34. The zero-order valence-corrected chi connectivity index (χ0v) is 9.94. The van der Waals surface area contributed by atoms with Gasteiger partial charge in [0.25, 0.3) is 5.91 Å². The van der Waals surface area contributed by atoms with Gasteiger partial charge in [-0.15, -0.1) is 0 Å². The van der Waals surface area contributed by atoms with Gasteiger partial charge in [-0.25, -0.2) is 0 Å². The number of carbonyl (C=O) groups excluding carboxylic acids is 1. The van der Waals surface area contributed by atoms with Crippen molar-refractivity contribution in [3.63, 3.8) is 0 Å². The maximum atomic E-state index is 12.0. The number of carbonyl (C=O) groups is 1. The summed E-state index contributed by atoms with van der Waals surface area (Å²) in [5, 5.41) is 11.8. The number of rotatable bonds is 2. The van der Waals surface area contributed by atoms with Crippen molar-refractivity contribution in [3.05, 3.63) is 35.4 Å². The highest BCUT2D eigenvalue weighted by atomic mass is 16.1. The summed E-state index contributed by atoms with van der Waals surface area (Å²) in [4.78, 5) is 12.0. The highest BCUT2D eigenvalue weighted by Crippen LogP contribution is 2.25. The quantitative estimate of drug-likeness (QED) is 0.845. The highest BCUT2D eigenvalue weighted by Gasteiger charge is 2.24. The van der Waals surface area contributed by atoms with Crippen LogP contribution in [0.5, 0.6) is 0 Å². The molecule has 1 aromatic carbocycles. The van der Waals surface area contributed by atoms with Gasteiger partial charge in [0.05, 0.1) is 11.6 Å². The third-order valence-corrected chi connectivity index (χ3v) is 3.43. The van der Waals surface area contributed by atoms with Gasteiger partial charge < -0.3 is 5.32 Å². The molecule has 3 nitrogen and oxygen atoms in total. The summed E-state index contributed by atoms with van der Waals surface area (Å²) in [7, 11) is 0. The zero-order valence-electron chi connectivity index (χ0n) is 9.94. The van der Waals surface area contributed by atoms with Crippen molar-refractivity contribution in [2.24, 2.45) is 5.92 Å². The van der Waals surface area contributed by atoms with Gasteiger partial charge >= 0.3 is 0 Å². The summed E-state index contributed by atoms with van der Waals surface area (Å²) < 4.78 is 0. The Balaban J connectivity index is 2.07. The number of nitrogens with zero attached hydrogens (tertiary/aromatic N) is 1. The lowest BCUT2D eigenvalue weighted by Gasteiger charge is -2.17. The van der Waals surface area contributed by atoms with Crippen LogP contribution >= 0.6 is 0 Å². The minimum Gasteiger partial charge on any atom is -0.349 e. The lowest BCUT2D eigenvalue weighted by Crippen LogP contribution is -2.36. The molecular formula is C14H16N2O. The van der Waals surface area contributed by atoms with E-state index in [1.165, 1.54) is 12.8 Å². The molecule has 1 fully saturated rings. The Morgan fingerprint density at radius 3 is 2.94 bits per heavy atom. The monoisotopic (exact) mass is 228 g/mol. The second kappa shape index (κ2) is 5.01. The molecule has 88 valence electrons. The van der Waals surface area contributed by atoms with E-state index in [-0.39, 0.29) is 11.9 Å². The van der Waals surface area contributed by atoms with Crippen LogP contribution < -0.4 is 5.32 Å². The minimum atomic E-state index is -0.0687. The van der Waals surface area contributed by atoms with Crippen LogP contribution in [0.3, 0.4) is 0 Å². The van der Waals surface area contributed by atoms with E-state index < -0.39 is 0 Å². The maximum Gasteiger partial charge on any atom is 0.251 e. The van der Waals surface area contributed by atoms with Crippen LogP contribution in [0.15, 0.2) is 24.3 Å². The Hall–Kier alpha value is -1.82. The van der Waals surface area contributed by atoms with Gasteiger partial charge in [-0.1, -0.05) is 19.4 Å². The summed E-state index contributed by atoms with van der Waals surface area (Å²) in [6.07, 6.45) is 3.43. The maximum absolute atomic E-state index is 12.0. The highest BCUT2D eigenvalue weighted by molar-refractivity contribution is 5.94. The van der Waals surface area contributed by atoms with Crippen LogP contribution in [0.25, 0.3) is 0 Å². The molecule has 0 spiro atoms. The lowest BCUT2D eigenvalue weighted by atomic mass is 10.1. The Morgan fingerprint density at radius 1 is 1.47 bits per heavy atom. The van der Waals surface area contributed by atoms with E-state index in [1.807, 2.05) is 6.07 Å². The van der Waals surface area contributed by atoms with E-state index in [2.05, 4.69) is 12.2 Å². The zero-order chi connectivity index (χ0) is 12.3. The van der Waals surface area contributed by atoms with Crippen LogP contribution in [0.4, 0.5) is 0 Å². The Bertz CT molecular complexity index is 462.